The molecule has 2 N–H and O–H groups in total. The van der Waals surface area contributed by atoms with E-state index in [1.54, 1.807) is 0 Å². The highest BCUT2D eigenvalue weighted by Gasteiger charge is 2.28. The van der Waals surface area contributed by atoms with E-state index in [1.807, 2.05) is 17.0 Å². The first-order valence-corrected chi connectivity index (χ1v) is 7.51. The van der Waals surface area contributed by atoms with Gasteiger partial charge in [0.25, 0.3) is 0 Å². The number of hydrogen-bond acceptors (Lipinski definition) is 3. The monoisotopic (exact) mass is 273 g/mol. The van der Waals surface area contributed by atoms with Gasteiger partial charge in [0.15, 0.2) is 0 Å². The summed E-state index contributed by atoms with van der Waals surface area (Å²) in [6.07, 6.45) is 1.97. The number of nitrogens with zero attached hydrogens (tertiary/aromatic N) is 2. The average molecular weight is 273 g/mol. The molecule has 3 rings (SSSR count). The number of hydrogen-bond donors (Lipinski definition) is 1. The van der Waals surface area contributed by atoms with E-state index in [9.17, 15) is 4.79 Å². The maximum absolute atomic E-state index is 12.5. The Kier molecular flexibility index (Phi) is 3.76. The third-order valence-corrected chi connectivity index (χ3v) is 4.60. The summed E-state index contributed by atoms with van der Waals surface area (Å²) in [6.45, 7) is 5.38. The van der Waals surface area contributed by atoms with E-state index in [4.69, 9.17) is 5.73 Å². The number of anilines is 1. The minimum absolute atomic E-state index is 0.220. The maximum atomic E-state index is 12.5. The molecule has 1 amide bonds. The zero-order chi connectivity index (χ0) is 14.1. The smallest absolute Gasteiger partial charge is 0.241 e. The Morgan fingerprint density at radius 3 is 2.95 bits per heavy atom. The molecule has 20 heavy (non-hydrogen) atoms. The number of carbonyl (C=O) groups is 1. The molecule has 1 aromatic carbocycles. The molecule has 0 aliphatic carbocycles. The maximum Gasteiger partial charge on any atom is 0.241 e. The Balaban J connectivity index is 1.63. The van der Waals surface area contributed by atoms with Crippen molar-refractivity contribution in [3.05, 3.63) is 29.8 Å². The lowest BCUT2D eigenvalue weighted by Crippen LogP contribution is -2.49. The van der Waals surface area contributed by atoms with Crippen LogP contribution in [0.4, 0.5) is 5.69 Å². The normalized spacial score (nSPS) is 26.6. The summed E-state index contributed by atoms with van der Waals surface area (Å²) >= 11 is 0. The van der Waals surface area contributed by atoms with Gasteiger partial charge in [-0.15, -0.1) is 0 Å². The number of benzene rings is 1. The number of likely N-dealkylation sites (tertiary alicyclic amines) is 1. The topological polar surface area (TPSA) is 49.6 Å². The first-order valence-electron chi connectivity index (χ1n) is 7.51. The van der Waals surface area contributed by atoms with Gasteiger partial charge in [-0.2, -0.15) is 0 Å². The molecule has 0 aromatic heterocycles. The molecule has 2 aliphatic heterocycles. The average Bonchev–Trinajstić information content (AvgIpc) is 2.87. The van der Waals surface area contributed by atoms with E-state index in [-0.39, 0.29) is 11.9 Å². The summed E-state index contributed by atoms with van der Waals surface area (Å²) in [7, 11) is 0. The number of amides is 1. The van der Waals surface area contributed by atoms with Crippen molar-refractivity contribution >= 4 is 11.6 Å². The quantitative estimate of drug-likeness (QED) is 0.882. The molecule has 0 saturated carbocycles. The standard InChI is InChI=1S/C16H23N3O/c1-12-10-18(8-7-14(12)17)11-16(20)19-9-6-13-4-2-3-5-15(13)19/h2-5,12,14H,6-11,17H2,1H3. The van der Waals surface area contributed by atoms with E-state index in [2.05, 4.69) is 24.0 Å². The molecule has 1 saturated heterocycles. The van der Waals surface area contributed by atoms with Crippen LogP contribution in [0.1, 0.15) is 18.9 Å². The molecule has 0 spiro atoms. The van der Waals surface area contributed by atoms with Crippen molar-refractivity contribution in [2.45, 2.75) is 25.8 Å². The number of carbonyl (C=O) groups excluding carboxylic acids is 1. The second-order valence-electron chi connectivity index (χ2n) is 6.09. The molecule has 1 aromatic rings. The van der Waals surface area contributed by atoms with E-state index in [1.165, 1.54) is 5.56 Å². The Morgan fingerprint density at radius 1 is 1.35 bits per heavy atom. The van der Waals surface area contributed by atoms with Gasteiger partial charge in [0.2, 0.25) is 5.91 Å². The van der Waals surface area contributed by atoms with Crippen LogP contribution < -0.4 is 10.6 Å². The van der Waals surface area contributed by atoms with Gasteiger partial charge in [-0.1, -0.05) is 25.1 Å². The van der Waals surface area contributed by atoms with Gasteiger partial charge in [-0.05, 0) is 30.4 Å². The van der Waals surface area contributed by atoms with Crippen LogP contribution in [-0.4, -0.2) is 43.0 Å². The van der Waals surface area contributed by atoms with Crippen LogP contribution in [0.5, 0.6) is 0 Å². The van der Waals surface area contributed by atoms with Crippen LogP contribution in [0, 0.1) is 5.92 Å². The molecular formula is C16H23N3O. The second kappa shape index (κ2) is 5.54. The highest BCUT2D eigenvalue weighted by atomic mass is 16.2. The lowest BCUT2D eigenvalue weighted by Gasteiger charge is -2.35. The fourth-order valence-corrected chi connectivity index (χ4v) is 3.27. The van der Waals surface area contributed by atoms with Crippen LogP contribution in [-0.2, 0) is 11.2 Å². The first-order chi connectivity index (χ1) is 9.65. The highest BCUT2D eigenvalue weighted by molar-refractivity contribution is 5.96. The van der Waals surface area contributed by atoms with Crippen molar-refractivity contribution in [2.24, 2.45) is 11.7 Å². The van der Waals surface area contributed by atoms with Crippen molar-refractivity contribution < 1.29 is 4.79 Å². The predicted molar refractivity (Wildman–Crippen MR) is 80.7 cm³/mol. The van der Waals surface area contributed by atoms with E-state index in [0.29, 0.717) is 12.5 Å². The van der Waals surface area contributed by atoms with E-state index >= 15 is 0 Å². The van der Waals surface area contributed by atoms with Gasteiger partial charge in [0, 0.05) is 31.4 Å². The fraction of sp³-hybridized carbons (Fsp3) is 0.562. The largest absolute Gasteiger partial charge is 0.327 e. The Bertz CT molecular complexity index is 502. The number of rotatable bonds is 2. The van der Waals surface area contributed by atoms with Crippen LogP contribution in [0.25, 0.3) is 0 Å². The Hall–Kier alpha value is -1.39. The molecule has 1 fully saturated rings. The second-order valence-corrected chi connectivity index (χ2v) is 6.09. The summed E-state index contributed by atoms with van der Waals surface area (Å²) in [5, 5.41) is 0. The summed E-state index contributed by atoms with van der Waals surface area (Å²) in [4.78, 5) is 16.7. The lowest BCUT2D eigenvalue weighted by molar-refractivity contribution is -0.120. The van der Waals surface area contributed by atoms with Crippen LogP contribution in [0.15, 0.2) is 24.3 Å². The summed E-state index contributed by atoms with van der Waals surface area (Å²) in [5.41, 5.74) is 8.42. The van der Waals surface area contributed by atoms with Crippen molar-refractivity contribution in [1.82, 2.24) is 4.90 Å². The fourth-order valence-electron chi connectivity index (χ4n) is 3.27. The number of para-hydroxylation sites is 1. The molecule has 0 bridgehead atoms. The van der Waals surface area contributed by atoms with Gasteiger partial charge in [-0.3, -0.25) is 9.69 Å². The third kappa shape index (κ3) is 2.58. The zero-order valence-electron chi connectivity index (χ0n) is 12.1. The van der Waals surface area contributed by atoms with Crippen molar-refractivity contribution in [3.63, 3.8) is 0 Å². The minimum Gasteiger partial charge on any atom is -0.327 e. The van der Waals surface area contributed by atoms with Crippen molar-refractivity contribution in [1.29, 1.82) is 0 Å². The molecule has 108 valence electrons. The highest BCUT2D eigenvalue weighted by Crippen LogP contribution is 2.27. The lowest BCUT2D eigenvalue weighted by atomic mass is 9.95. The van der Waals surface area contributed by atoms with Crippen LogP contribution >= 0.6 is 0 Å². The number of piperidine rings is 1. The minimum atomic E-state index is 0.220. The van der Waals surface area contributed by atoms with Crippen molar-refractivity contribution in [2.75, 3.05) is 31.1 Å². The zero-order valence-corrected chi connectivity index (χ0v) is 12.1. The molecular weight excluding hydrogens is 250 g/mol. The number of nitrogens with two attached hydrogens (primary N) is 1. The van der Waals surface area contributed by atoms with Gasteiger partial charge in [0.05, 0.1) is 6.54 Å². The molecule has 2 unspecified atom stereocenters. The van der Waals surface area contributed by atoms with Crippen LogP contribution in [0.2, 0.25) is 0 Å². The Morgan fingerprint density at radius 2 is 2.15 bits per heavy atom. The molecule has 2 aliphatic rings. The summed E-state index contributed by atoms with van der Waals surface area (Å²) in [5.74, 6) is 0.694. The molecule has 4 nitrogen and oxygen atoms in total. The molecule has 0 radical (unpaired) electrons. The van der Waals surface area contributed by atoms with Gasteiger partial charge in [0.1, 0.15) is 0 Å². The summed E-state index contributed by atoms with van der Waals surface area (Å²) < 4.78 is 0. The van der Waals surface area contributed by atoms with E-state index < -0.39 is 0 Å². The van der Waals surface area contributed by atoms with Gasteiger partial charge in [-0.25, -0.2) is 0 Å². The Labute approximate surface area is 120 Å². The summed E-state index contributed by atoms with van der Waals surface area (Å²) in [6, 6.07) is 8.50. The molecule has 4 heteroatoms. The van der Waals surface area contributed by atoms with E-state index in [0.717, 1.165) is 38.2 Å². The van der Waals surface area contributed by atoms with Gasteiger partial charge >= 0.3 is 0 Å². The SMILES string of the molecule is CC1CN(CC(=O)N2CCc3ccccc32)CCC1N. The van der Waals surface area contributed by atoms with Crippen LogP contribution in [0.3, 0.4) is 0 Å². The third-order valence-electron chi connectivity index (χ3n) is 4.60. The molecule has 2 atom stereocenters. The number of fused-ring (bicyclic) bond motifs is 1. The first kappa shape index (κ1) is 13.6. The van der Waals surface area contributed by atoms with Gasteiger partial charge < -0.3 is 10.6 Å². The molecule has 2 heterocycles. The predicted octanol–water partition coefficient (Wildman–Crippen LogP) is 1.24. The van der Waals surface area contributed by atoms with Crippen molar-refractivity contribution in [3.8, 4) is 0 Å².